The van der Waals surface area contributed by atoms with Crippen LogP contribution in [0.25, 0.3) is 11.3 Å². The second kappa shape index (κ2) is 8.79. The molecule has 0 spiro atoms. The number of aromatic amines is 1. The van der Waals surface area contributed by atoms with Crippen LogP contribution in [0.3, 0.4) is 0 Å². The molecule has 0 bridgehead atoms. The number of methoxy groups -OCH3 is 3. The smallest absolute Gasteiger partial charge is 0.252 e. The van der Waals surface area contributed by atoms with Crippen molar-refractivity contribution in [3.05, 3.63) is 58.4 Å². The molecule has 3 N–H and O–H groups in total. The summed E-state index contributed by atoms with van der Waals surface area (Å²) in [5.41, 5.74) is 4.23. The van der Waals surface area contributed by atoms with Crippen molar-refractivity contribution in [1.29, 1.82) is 0 Å². The number of aromatic nitrogens is 2. The van der Waals surface area contributed by atoms with Crippen LogP contribution >= 0.6 is 0 Å². The van der Waals surface area contributed by atoms with Gasteiger partial charge in [0.15, 0.2) is 11.5 Å². The van der Waals surface area contributed by atoms with Gasteiger partial charge >= 0.3 is 0 Å². The molecule has 0 amide bonds. The first kappa shape index (κ1) is 19.7. The van der Waals surface area contributed by atoms with Crippen molar-refractivity contribution in [3.8, 4) is 34.3 Å². The van der Waals surface area contributed by atoms with Gasteiger partial charge in [0.25, 0.3) is 5.56 Å². The Bertz CT molecular complexity index is 1050. The Morgan fingerprint density at radius 2 is 1.69 bits per heavy atom. The first-order chi connectivity index (χ1) is 14.0. The van der Waals surface area contributed by atoms with E-state index in [1.165, 1.54) is 26.5 Å². The van der Waals surface area contributed by atoms with Crippen molar-refractivity contribution >= 4 is 12.2 Å². The number of aromatic hydroxyl groups is 1. The lowest BCUT2D eigenvalue weighted by Crippen LogP contribution is -2.10. The number of nitrogens with one attached hydrogen (secondary N) is 2. The number of phenolic OH excluding ortho intramolecular Hbond substituents is 1. The third-order valence-electron chi connectivity index (χ3n) is 4.01. The Morgan fingerprint density at radius 3 is 2.28 bits per heavy atom. The molecule has 0 fully saturated rings. The Kier molecular flexibility index (Phi) is 5.98. The first-order valence-electron chi connectivity index (χ1n) is 8.54. The molecule has 0 unspecified atom stereocenters. The van der Waals surface area contributed by atoms with Crippen molar-refractivity contribution in [2.24, 2.45) is 5.10 Å². The van der Waals surface area contributed by atoms with E-state index in [4.69, 9.17) is 14.2 Å². The number of hydrazone groups is 1. The molecule has 1 aromatic heterocycles. The first-order valence-corrected chi connectivity index (χ1v) is 8.54. The van der Waals surface area contributed by atoms with Crippen molar-refractivity contribution in [3.63, 3.8) is 0 Å². The van der Waals surface area contributed by atoms with E-state index in [9.17, 15) is 9.90 Å². The molecule has 3 aromatic rings. The van der Waals surface area contributed by atoms with Crippen LogP contribution in [-0.2, 0) is 0 Å². The second-order valence-corrected chi connectivity index (χ2v) is 5.85. The Hall–Kier alpha value is -4.01. The fourth-order valence-electron chi connectivity index (χ4n) is 2.58. The van der Waals surface area contributed by atoms with E-state index in [1.54, 1.807) is 31.4 Å². The van der Waals surface area contributed by atoms with Crippen molar-refractivity contribution in [1.82, 2.24) is 9.97 Å². The maximum atomic E-state index is 12.0. The summed E-state index contributed by atoms with van der Waals surface area (Å²) < 4.78 is 15.4. The van der Waals surface area contributed by atoms with Gasteiger partial charge in [-0.3, -0.25) is 9.78 Å². The average molecular weight is 396 g/mol. The highest BCUT2D eigenvalue weighted by atomic mass is 16.5. The molecule has 0 aliphatic carbocycles. The molecule has 150 valence electrons. The Labute approximate surface area is 166 Å². The van der Waals surface area contributed by atoms with Crippen molar-refractivity contribution < 1.29 is 19.3 Å². The molecule has 0 atom stereocenters. The topological polar surface area (TPSA) is 118 Å². The van der Waals surface area contributed by atoms with Gasteiger partial charge in [-0.25, -0.2) is 10.4 Å². The molecule has 9 nitrogen and oxygen atoms in total. The van der Waals surface area contributed by atoms with Crippen LogP contribution in [0.5, 0.6) is 23.0 Å². The summed E-state index contributed by atoms with van der Waals surface area (Å²) in [4.78, 5) is 18.9. The quantitative estimate of drug-likeness (QED) is 0.415. The van der Waals surface area contributed by atoms with E-state index in [-0.39, 0.29) is 28.8 Å². The predicted octanol–water partition coefficient (Wildman–Crippen LogP) is 2.61. The van der Waals surface area contributed by atoms with E-state index in [0.29, 0.717) is 17.0 Å². The van der Waals surface area contributed by atoms with Gasteiger partial charge in [-0.2, -0.15) is 5.10 Å². The van der Waals surface area contributed by atoms with Gasteiger partial charge in [0, 0.05) is 17.2 Å². The minimum Gasteiger partial charge on any atom is -0.502 e. The summed E-state index contributed by atoms with van der Waals surface area (Å²) in [6.07, 6.45) is 1.48. The van der Waals surface area contributed by atoms with Crippen LogP contribution in [-0.4, -0.2) is 42.6 Å². The number of hydrogen-bond donors (Lipinski definition) is 3. The second-order valence-electron chi connectivity index (χ2n) is 5.85. The predicted molar refractivity (Wildman–Crippen MR) is 109 cm³/mol. The molecular weight excluding hydrogens is 376 g/mol. The zero-order valence-corrected chi connectivity index (χ0v) is 16.1. The SMILES string of the molecule is COc1ccc(-c2cc(=O)[nH]c(N/N=C\c3cc(OC)c(O)c(OC)c3)n2)cc1. The number of H-pyrrole nitrogens is 1. The number of anilines is 1. The maximum Gasteiger partial charge on any atom is 0.252 e. The largest absolute Gasteiger partial charge is 0.502 e. The number of phenols is 1. The van der Waals surface area contributed by atoms with Crippen molar-refractivity contribution in [2.75, 3.05) is 26.8 Å². The molecule has 0 saturated heterocycles. The lowest BCUT2D eigenvalue weighted by Gasteiger charge is -2.09. The van der Waals surface area contributed by atoms with E-state index in [1.807, 2.05) is 12.1 Å². The lowest BCUT2D eigenvalue weighted by molar-refractivity contribution is 0.340. The lowest BCUT2D eigenvalue weighted by atomic mass is 10.1. The molecule has 0 aliphatic rings. The van der Waals surface area contributed by atoms with Gasteiger partial charge in [0.2, 0.25) is 11.7 Å². The number of rotatable bonds is 7. The highest BCUT2D eigenvalue weighted by Crippen LogP contribution is 2.36. The minimum atomic E-state index is -0.323. The zero-order chi connectivity index (χ0) is 20.8. The molecule has 0 radical (unpaired) electrons. The molecule has 0 aliphatic heterocycles. The van der Waals surface area contributed by atoms with Crippen LogP contribution in [0.2, 0.25) is 0 Å². The minimum absolute atomic E-state index is 0.0988. The van der Waals surface area contributed by atoms with Crippen molar-refractivity contribution in [2.45, 2.75) is 0 Å². The highest BCUT2D eigenvalue weighted by molar-refractivity contribution is 5.82. The van der Waals surface area contributed by atoms with Crippen LogP contribution in [0, 0.1) is 0 Å². The zero-order valence-electron chi connectivity index (χ0n) is 16.1. The summed E-state index contributed by atoms with van der Waals surface area (Å²) in [5, 5.41) is 14.0. The molecule has 0 saturated carbocycles. The number of hydrogen-bond acceptors (Lipinski definition) is 8. The summed E-state index contributed by atoms with van der Waals surface area (Å²) in [5.74, 6) is 1.29. The summed E-state index contributed by atoms with van der Waals surface area (Å²) in [7, 11) is 4.46. The average Bonchev–Trinajstić information content (AvgIpc) is 2.74. The fourth-order valence-corrected chi connectivity index (χ4v) is 2.58. The summed E-state index contributed by atoms with van der Waals surface area (Å²) >= 11 is 0. The summed E-state index contributed by atoms with van der Waals surface area (Å²) in [6, 6.07) is 11.8. The molecule has 29 heavy (non-hydrogen) atoms. The van der Waals surface area contributed by atoms with Gasteiger partial charge in [0.05, 0.1) is 33.2 Å². The Balaban J connectivity index is 1.82. The van der Waals surface area contributed by atoms with Crippen LogP contribution < -0.4 is 25.2 Å². The summed E-state index contributed by atoms with van der Waals surface area (Å²) in [6.45, 7) is 0. The number of benzene rings is 2. The van der Waals surface area contributed by atoms with E-state index in [2.05, 4.69) is 20.5 Å². The van der Waals surface area contributed by atoms with Crippen LogP contribution in [0.1, 0.15) is 5.56 Å². The van der Waals surface area contributed by atoms with Gasteiger partial charge in [-0.1, -0.05) is 0 Å². The van der Waals surface area contributed by atoms with Gasteiger partial charge in [-0.05, 0) is 36.4 Å². The van der Waals surface area contributed by atoms with Crippen LogP contribution in [0.4, 0.5) is 5.95 Å². The molecule has 3 rings (SSSR count). The van der Waals surface area contributed by atoms with E-state index < -0.39 is 0 Å². The highest BCUT2D eigenvalue weighted by Gasteiger charge is 2.10. The molecule has 2 aromatic carbocycles. The van der Waals surface area contributed by atoms with Gasteiger partial charge in [-0.15, -0.1) is 0 Å². The third kappa shape index (κ3) is 4.64. The number of nitrogens with zero attached hydrogens (tertiary/aromatic N) is 2. The van der Waals surface area contributed by atoms with Crippen LogP contribution in [0.15, 0.2) is 52.4 Å². The molecular formula is C20H20N4O5. The normalized spacial score (nSPS) is 10.7. The Morgan fingerprint density at radius 1 is 1.03 bits per heavy atom. The van der Waals surface area contributed by atoms with E-state index >= 15 is 0 Å². The monoisotopic (exact) mass is 396 g/mol. The van der Waals surface area contributed by atoms with Gasteiger partial charge in [0.1, 0.15) is 5.75 Å². The van der Waals surface area contributed by atoms with E-state index in [0.717, 1.165) is 5.56 Å². The standard InChI is InChI=1S/C20H20N4O5/c1-27-14-6-4-13(5-7-14)15-10-18(25)23-20(22-15)24-21-11-12-8-16(28-2)19(26)17(9-12)29-3/h4-11,26H,1-3H3,(H2,22,23,24,25)/b21-11-. The number of ether oxygens (including phenoxy) is 3. The fraction of sp³-hybridized carbons (Fsp3) is 0.150. The third-order valence-corrected chi connectivity index (χ3v) is 4.01. The molecule has 1 heterocycles. The van der Waals surface area contributed by atoms with Gasteiger partial charge < -0.3 is 19.3 Å². The molecule has 9 heteroatoms. The maximum absolute atomic E-state index is 12.0.